The first-order valence-corrected chi connectivity index (χ1v) is 8.14. The summed E-state index contributed by atoms with van der Waals surface area (Å²) in [6.45, 7) is 6.56. The molecule has 1 aromatic carbocycles. The van der Waals surface area contributed by atoms with Crippen LogP contribution in [0.1, 0.15) is 25.3 Å². The predicted molar refractivity (Wildman–Crippen MR) is 104 cm³/mol. The van der Waals surface area contributed by atoms with E-state index in [4.69, 9.17) is 9.47 Å². The Bertz CT molecular complexity index is 437. The lowest BCUT2D eigenvalue weighted by atomic mass is 10.2. The predicted octanol–water partition coefficient (Wildman–Crippen LogP) is 2.56. The van der Waals surface area contributed by atoms with Crippen LogP contribution in [0.4, 0.5) is 0 Å². The molecule has 2 N–H and O–H groups in total. The van der Waals surface area contributed by atoms with Gasteiger partial charge in [-0.05, 0) is 25.3 Å². The molecule has 1 unspecified atom stereocenters. The van der Waals surface area contributed by atoms with Gasteiger partial charge in [0.25, 0.3) is 0 Å². The average molecular weight is 433 g/mol. The summed E-state index contributed by atoms with van der Waals surface area (Å²) in [4.78, 5) is 4.57. The lowest BCUT2D eigenvalue weighted by Gasteiger charge is -2.13. The fourth-order valence-corrected chi connectivity index (χ4v) is 2.33. The van der Waals surface area contributed by atoms with Crippen molar-refractivity contribution in [2.75, 3.05) is 32.9 Å². The molecule has 130 valence electrons. The number of halogens is 1. The van der Waals surface area contributed by atoms with Gasteiger partial charge in [0.1, 0.15) is 0 Å². The Morgan fingerprint density at radius 2 is 2.13 bits per heavy atom. The first kappa shape index (κ1) is 20.2. The van der Waals surface area contributed by atoms with Gasteiger partial charge in [0.05, 0.1) is 25.9 Å². The van der Waals surface area contributed by atoms with Crippen LogP contribution in [0, 0.1) is 0 Å². The third-order valence-electron chi connectivity index (χ3n) is 3.47. The second kappa shape index (κ2) is 12.5. The largest absolute Gasteiger partial charge is 0.377 e. The first-order valence-electron chi connectivity index (χ1n) is 8.14. The van der Waals surface area contributed by atoms with Gasteiger partial charge in [0, 0.05) is 19.7 Å². The highest BCUT2D eigenvalue weighted by molar-refractivity contribution is 14.0. The maximum absolute atomic E-state index is 5.64. The van der Waals surface area contributed by atoms with Gasteiger partial charge in [-0.3, -0.25) is 0 Å². The molecule has 1 saturated heterocycles. The van der Waals surface area contributed by atoms with Crippen LogP contribution in [0.5, 0.6) is 0 Å². The minimum absolute atomic E-state index is 0. The molecular weight excluding hydrogens is 405 g/mol. The van der Waals surface area contributed by atoms with Gasteiger partial charge >= 0.3 is 0 Å². The minimum Gasteiger partial charge on any atom is -0.377 e. The molecule has 0 amide bonds. The number of nitrogens with one attached hydrogen (secondary N) is 2. The van der Waals surface area contributed by atoms with Crippen molar-refractivity contribution < 1.29 is 9.47 Å². The fourth-order valence-electron chi connectivity index (χ4n) is 2.33. The Hall–Kier alpha value is -0.860. The van der Waals surface area contributed by atoms with Crippen LogP contribution in [0.15, 0.2) is 35.3 Å². The molecule has 0 radical (unpaired) electrons. The van der Waals surface area contributed by atoms with E-state index in [9.17, 15) is 0 Å². The zero-order valence-electron chi connectivity index (χ0n) is 13.8. The molecule has 1 aliphatic heterocycles. The van der Waals surface area contributed by atoms with E-state index >= 15 is 0 Å². The van der Waals surface area contributed by atoms with E-state index in [-0.39, 0.29) is 24.0 Å². The number of hydrogen-bond acceptors (Lipinski definition) is 3. The molecule has 0 saturated carbocycles. The van der Waals surface area contributed by atoms with E-state index in [0.717, 1.165) is 38.5 Å². The summed E-state index contributed by atoms with van der Waals surface area (Å²) in [5.74, 6) is 0.826. The van der Waals surface area contributed by atoms with Crippen molar-refractivity contribution in [1.82, 2.24) is 10.6 Å². The third kappa shape index (κ3) is 8.53. The summed E-state index contributed by atoms with van der Waals surface area (Å²) in [6, 6.07) is 10.2. The Kier molecular flexibility index (Phi) is 11.0. The number of nitrogens with zero attached hydrogens (tertiary/aromatic N) is 1. The Morgan fingerprint density at radius 1 is 1.30 bits per heavy atom. The Morgan fingerprint density at radius 3 is 2.83 bits per heavy atom. The Labute approximate surface area is 156 Å². The molecule has 1 fully saturated rings. The maximum atomic E-state index is 5.64. The van der Waals surface area contributed by atoms with Gasteiger partial charge in [-0.1, -0.05) is 30.3 Å². The first-order chi connectivity index (χ1) is 10.9. The number of guanidine groups is 1. The summed E-state index contributed by atoms with van der Waals surface area (Å²) in [6.07, 6.45) is 2.57. The topological polar surface area (TPSA) is 54.9 Å². The highest BCUT2D eigenvalue weighted by Crippen LogP contribution is 2.11. The molecular formula is C17H28IN3O2. The minimum atomic E-state index is 0. The monoisotopic (exact) mass is 433 g/mol. The van der Waals surface area contributed by atoms with Crippen LogP contribution in [0.25, 0.3) is 0 Å². The van der Waals surface area contributed by atoms with Crippen molar-refractivity contribution in [1.29, 1.82) is 0 Å². The summed E-state index contributed by atoms with van der Waals surface area (Å²) in [5, 5.41) is 6.53. The normalized spacial score (nSPS) is 17.6. The fraction of sp³-hybridized carbons (Fsp3) is 0.588. The third-order valence-corrected chi connectivity index (χ3v) is 3.47. The average Bonchev–Trinajstić information content (AvgIpc) is 3.06. The van der Waals surface area contributed by atoms with Crippen molar-refractivity contribution in [3.05, 3.63) is 35.9 Å². The van der Waals surface area contributed by atoms with Crippen LogP contribution in [0.3, 0.4) is 0 Å². The van der Waals surface area contributed by atoms with Crippen molar-refractivity contribution >= 4 is 29.9 Å². The van der Waals surface area contributed by atoms with E-state index < -0.39 is 0 Å². The highest BCUT2D eigenvalue weighted by atomic mass is 127. The maximum Gasteiger partial charge on any atom is 0.191 e. The zero-order chi connectivity index (χ0) is 15.5. The van der Waals surface area contributed by atoms with Gasteiger partial charge in [0.2, 0.25) is 0 Å². The highest BCUT2D eigenvalue weighted by Gasteiger charge is 2.14. The zero-order valence-corrected chi connectivity index (χ0v) is 16.1. The summed E-state index contributed by atoms with van der Waals surface area (Å²) in [5.41, 5.74) is 1.20. The molecule has 1 aromatic rings. The van der Waals surface area contributed by atoms with E-state index in [1.165, 1.54) is 5.56 Å². The van der Waals surface area contributed by atoms with E-state index in [1.54, 1.807) is 0 Å². The Balaban J connectivity index is 0.00000264. The van der Waals surface area contributed by atoms with Crippen LogP contribution in [-0.4, -0.2) is 45.0 Å². The molecule has 23 heavy (non-hydrogen) atoms. The molecule has 5 nitrogen and oxygen atoms in total. The van der Waals surface area contributed by atoms with Crippen molar-refractivity contribution in [3.63, 3.8) is 0 Å². The lowest BCUT2D eigenvalue weighted by molar-refractivity contribution is 0.0191. The molecule has 2 rings (SSSR count). The van der Waals surface area contributed by atoms with Gasteiger partial charge in [0.15, 0.2) is 5.96 Å². The van der Waals surface area contributed by atoms with Crippen molar-refractivity contribution in [3.8, 4) is 0 Å². The van der Waals surface area contributed by atoms with E-state index in [2.05, 4.69) is 34.7 Å². The van der Waals surface area contributed by atoms with Gasteiger partial charge in [-0.15, -0.1) is 24.0 Å². The standard InChI is InChI=1S/C17H27N3O2.HI/c1-2-18-17(20-13-15-7-4-3-5-8-15)19-10-12-21-14-16-9-6-11-22-16;/h3-5,7-8,16H,2,6,9-14H2,1H3,(H2,18,19,20);1H. The molecule has 6 heteroatoms. The molecule has 0 aromatic heterocycles. The molecule has 0 aliphatic carbocycles. The van der Waals surface area contributed by atoms with Crippen LogP contribution >= 0.6 is 24.0 Å². The van der Waals surface area contributed by atoms with Crippen LogP contribution in [0.2, 0.25) is 0 Å². The van der Waals surface area contributed by atoms with Crippen LogP contribution < -0.4 is 10.6 Å². The van der Waals surface area contributed by atoms with Gasteiger partial charge in [-0.25, -0.2) is 4.99 Å². The summed E-state index contributed by atoms with van der Waals surface area (Å²) >= 11 is 0. The second-order valence-electron chi connectivity index (χ2n) is 5.32. The van der Waals surface area contributed by atoms with Crippen molar-refractivity contribution in [2.24, 2.45) is 4.99 Å². The van der Waals surface area contributed by atoms with Gasteiger partial charge < -0.3 is 20.1 Å². The number of rotatable bonds is 8. The molecule has 1 atom stereocenters. The SMILES string of the molecule is CCNC(=NCc1ccccc1)NCCOCC1CCCO1.I. The molecule has 0 spiro atoms. The number of ether oxygens (including phenoxy) is 2. The van der Waals surface area contributed by atoms with E-state index in [0.29, 0.717) is 25.9 Å². The number of aliphatic imine (C=N–C) groups is 1. The quantitative estimate of drug-likeness (QED) is 0.287. The molecule has 1 aliphatic rings. The smallest absolute Gasteiger partial charge is 0.191 e. The number of benzene rings is 1. The summed E-state index contributed by atoms with van der Waals surface area (Å²) in [7, 11) is 0. The summed E-state index contributed by atoms with van der Waals surface area (Å²) < 4.78 is 11.2. The van der Waals surface area contributed by atoms with Crippen LogP contribution in [-0.2, 0) is 16.0 Å². The molecule has 1 heterocycles. The van der Waals surface area contributed by atoms with Gasteiger partial charge in [-0.2, -0.15) is 0 Å². The van der Waals surface area contributed by atoms with Crippen molar-refractivity contribution in [2.45, 2.75) is 32.4 Å². The van der Waals surface area contributed by atoms with E-state index in [1.807, 2.05) is 18.2 Å². The second-order valence-corrected chi connectivity index (χ2v) is 5.32. The molecule has 0 bridgehead atoms. The lowest BCUT2D eigenvalue weighted by Crippen LogP contribution is -2.39. The number of hydrogen-bond donors (Lipinski definition) is 2.